The third kappa shape index (κ3) is 4.68. The maximum atomic E-state index is 14.0. The predicted octanol–water partition coefficient (Wildman–Crippen LogP) is 2.30. The van der Waals surface area contributed by atoms with Crippen molar-refractivity contribution in [2.45, 2.75) is 32.2 Å². The van der Waals surface area contributed by atoms with Gasteiger partial charge >= 0.3 is 0 Å². The van der Waals surface area contributed by atoms with Crippen molar-refractivity contribution in [2.24, 2.45) is 17.2 Å². The molecule has 0 unspecified atom stereocenters. The highest BCUT2D eigenvalue weighted by Gasteiger charge is 2.38. The molecule has 5 rings (SSSR count). The molecule has 0 spiro atoms. The second kappa shape index (κ2) is 10.5. The number of aryl methyl sites for hydroxylation is 1. The molecule has 3 heterocycles. The zero-order valence-corrected chi connectivity index (χ0v) is 22.8. The number of pyridine rings is 1. The minimum Gasteiger partial charge on any atom is -0.496 e. The van der Waals surface area contributed by atoms with Gasteiger partial charge in [0.2, 0.25) is 5.91 Å². The fourth-order valence-corrected chi connectivity index (χ4v) is 5.34. The van der Waals surface area contributed by atoms with Crippen LogP contribution in [0.5, 0.6) is 5.75 Å². The van der Waals surface area contributed by atoms with E-state index in [4.69, 9.17) is 31.8 Å². The topological polar surface area (TPSA) is 165 Å². The number of ether oxygens (including phenoxy) is 2. The van der Waals surface area contributed by atoms with Gasteiger partial charge in [-0.2, -0.15) is 5.10 Å². The number of carbonyl (C=O) groups excluding carboxylic acids is 2. The van der Waals surface area contributed by atoms with Gasteiger partial charge in [-0.3, -0.25) is 14.6 Å². The summed E-state index contributed by atoms with van der Waals surface area (Å²) in [6.07, 6.45) is 8.96. The lowest BCUT2D eigenvalue weighted by atomic mass is 9.86. The second-order valence-electron chi connectivity index (χ2n) is 10.4. The average Bonchev–Trinajstić information content (AvgIpc) is 3.35. The summed E-state index contributed by atoms with van der Waals surface area (Å²) in [5.74, 6) is 0.186. The van der Waals surface area contributed by atoms with Crippen LogP contribution in [0, 0.1) is 0 Å². The van der Waals surface area contributed by atoms with Crippen molar-refractivity contribution in [2.75, 3.05) is 26.9 Å². The molecule has 1 aliphatic heterocycles. The number of primary amides is 1. The van der Waals surface area contributed by atoms with E-state index >= 15 is 0 Å². The van der Waals surface area contributed by atoms with Gasteiger partial charge in [-0.05, 0) is 68.8 Å². The lowest BCUT2D eigenvalue weighted by molar-refractivity contribution is -0.0373. The summed E-state index contributed by atoms with van der Waals surface area (Å²) in [7, 11) is 1.59. The van der Waals surface area contributed by atoms with Gasteiger partial charge in [-0.15, -0.1) is 0 Å². The van der Waals surface area contributed by atoms with E-state index in [1.54, 1.807) is 36.2 Å². The Morgan fingerprint density at radius 2 is 1.93 bits per heavy atom. The third-order valence-electron chi connectivity index (χ3n) is 7.36. The van der Waals surface area contributed by atoms with Crippen LogP contribution in [0.15, 0.2) is 48.9 Å². The van der Waals surface area contributed by atoms with Crippen molar-refractivity contribution < 1.29 is 19.1 Å². The maximum Gasteiger partial charge on any atom is 0.275 e. The fourth-order valence-electron chi connectivity index (χ4n) is 5.34. The number of benzene rings is 1. The van der Waals surface area contributed by atoms with Gasteiger partial charge in [-0.1, -0.05) is 0 Å². The number of nitrogens with zero attached hydrogens (tertiary/aromatic N) is 4. The lowest BCUT2D eigenvalue weighted by Gasteiger charge is -2.41. The molecule has 208 valence electrons. The number of allylic oxidation sites excluding steroid dienone is 2. The predicted molar refractivity (Wildman–Crippen MR) is 151 cm³/mol. The molecule has 2 aromatic heterocycles. The largest absolute Gasteiger partial charge is 0.496 e. The summed E-state index contributed by atoms with van der Waals surface area (Å²) in [5, 5.41) is 4.78. The second-order valence-corrected chi connectivity index (χ2v) is 10.4. The van der Waals surface area contributed by atoms with Crippen molar-refractivity contribution in [3.63, 3.8) is 0 Å². The molecule has 40 heavy (non-hydrogen) atoms. The number of amides is 2. The van der Waals surface area contributed by atoms with Crippen LogP contribution >= 0.6 is 0 Å². The van der Waals surface area contributed by atoms with Crippen LogP contribution in [-0.2, 0) is 17.6 Å². The number of carbonyl (C=O) groups is 2. The molecule has 0 bridgehead atoms. The van der Waals surface area contributed by atoms with Gasteiger partial charge < -0.3 is 31.6 Å². The Morgan fingerprint density at radius 3 is 2.62 bits per heavy atom. The molecule has 1 saturated heterocycles. The van der Waals surface area contributed by atoms with Gasteiger partial charge in [0.05, 0.1) is 37.1 Å². The van der Waals surface area contributed by atoms with Crippen LogP contribution < -0.4 is 21.9 Å². The third-order valence-corrected chi connectivity index (χ3v) is 7.36. The standard InChI is InChI=1S/C29H33N7O4/c1-29(2)16-40-10-9-35(29)28(38)25-20-7-6-17-12-23(39-3)21(18-11-19(27(32)37)15-33-14-18)13-22(17)26(20)36(34-25)24(31)5-4-8-30/h4-5,8,11-15H,6-7,9-10,16,30-31H2,1-3H3,(H2,32,37)/b8-4-,24-5+. The summed E-state index contributed by atoms with van der Waals surface area (Å²) in [5.41, 5.74) is 22.5. The molecule has 3 aromatic rings. The Bertz CT molecular complexity index is 1550. The van der Waals surface area contributed by atoms with Crippen LogP contribution in [0.25, 0.3) is 28.2 Å². The smallest absolute Gasteiger partial charge is 0.275 e. The van der Waals surface area contributed by atoms with Crippen molar-refractivity contribution >= 4 is 17.6 Å². The van der Waals surface area contributed by atoms with Gasteiger partial charge in [0.15, 0.2) is 5.69 Å². The van der Waals surface area contributed by atoms with E-state index in [-0.39, 0.29) is 11.5 Å². The Kier molecular flexibility index (Phi) is 7.07. The normalized spacial score (nSPS) is 16.5. The minimum atomic E-state index is -0.577. The summed E-state index contributed by atoms with van der Waals surface area (Å²) < 4.78 is 13.0. The zero-order valence-electron chi connectivity index (χ0n) is 22.8. The zero-order chi connectivity index (χ0) is 28.6. The number of methoxy groups -OCH3 is 1. The first-order valence-corrected chi connectivity index (χ1v) is 13.0. The Balaban J connectivity index is 1.72. The first-order valence-electron chi connectivity index (χ1n) is 13.0. The number of nitrogens with two attached hydrogens (primary N) is 3. The summed E-state index contributed by atoms with van der Waals surface area (Å²) in [4.78, 5) is 31.8. The van der Waals surface area contributed by atoms with Crippen LogP contribution in [0.4, 0.5) is 0 Å². The van der Waals surface area contributed by atoms with E-state index in [0.29, 0.717) is 61.0 Å². The van der Waals surface area contributed by atoms with Gasteiger partial charge in [-0.25, -0.2) is 4.68 Å². The minimum absolute atomic E-state index is 0.166. The molecule has 11 heteroatoms. The van der Waals surface area contributed by atoms with Crippen molar-refractivity contribution in [3.05, 3.63) is 71.3 Å². The highest BCUT2D eigenvalue weighted by Crippen LogP contribution is 2.43. The summed E-state index contributed by atoms with van der Waals surface area (Å²) >= 11 is 0. The van der Waals surface area contributed by atoms with E-state index in [1.807, 2.05) is 30.9 Å². The first kappa shape index (κ1) is 26.9. The molecule has 11 nitrogen and oxygen atoms in total. The number of hydrogen-bond donors (Lipinski definition) is 3. The average molecular weight is 544 g/mol. The van der Waals surface area contributed by atoms with Crippen molar-refractivity contribution in [1.82, 2.24) is 19.7 Å². The molecule has 2 aliphatic rings. The van der Waals surface area contributed by atoms with Crippen molar-refractivity contribution in [3.8, 4) is 28.1 Å². The highest BCUT2D eigenvalue weighted by atomic mass is 16.5. The van der Waals surface area contributed by atoms with Crippen LogP contribution in [0.1, 0.15) is 45.8 Å². The van der Waals surface area contributed by atoms with E-state index in [2.05, 4.69) is 4.98 Å². The van der Waals surface area contributed by atoms with Crippen LogP contribution in [0.3, 0.4) is 0 Å². The van der Waals surface area contributed by atoms with E-state index in [1.165, 1.54) is 12.4 Å². The molecule has 1 aliphatic carbocycles. The molecule has 0 atom stereocenters. The lowest BCUT2D eigenvalue weighted by Crippen LogP contribution is -2.55. The quantitative estimate of drug-likeness (QED) is 0.399. The highest BCUT2D eigenvalue weighted by molar-refractivity contribution is 5.98. The molecule has 2 amide bonds. The summed E-state index contributed by atoms with van der Waals surface area (Å²) in [6.45, 7) is 5.34. The number of aromatic nitrogens is 3. The number of morpholine rings is 1. The van der Waals surface area contributed by atoms with Crippen LogP contribution in [-0.4, -0.2) is 63.9 Å². The van der Waals surface area contributed by atoms with E-state index in [9.17, 15) is 9.59 Å². The Labute approximate surface area is 232 Å². The molecule has 0 radical (unpaired) electrons. The fraction of sp³-hybridized carbons (Fsp3) is 0.310. The molecule has 1 aromatic carbocycles. The van der Waals surface area contributed by atoms with Gasteiger partial charge in [0.25, 0.3) is 5.91 Å². The number of fused-ring (bicyclic) bond motifs is 3. The number of hydrogen-bond acceptors (Lipinski definition) is 8. The molecular formula is C29H33N7O4. The van der Waals surface area contributed by atoms with Crippen molar-refractivity contribution in [1.29, 1.82) is 0 Å². The van der Waals surface area contributed by atoms with Crippen LogP contribution in [0.2, 0.25) is 0 Å². The van der Waals surface area contributed by atoms with Gasteiger partial charge in [0, 0.05) is 41.2 Å². The molecular weight excluding hydrogens is 510 g/mol. The maximum absolute atomic E-state index is 14.0. The molecule has 6 N–H and O–H groups in total. The first-order chi connectivity index (χ1) is 19.2. The monoisotopic (exact) mass is 543 g/mol. The SMILES string of the molecule is COc1cc2c(cc1-c1cncc(C(N)=O)c1)-c1c(c(C(=O)N3CCOCC3(C)C)nn1/C(N)=C/C=C\N)CC2. The van der Waals surface area contributed by atoms with E-state index < -0.39 is 11.4 Å². The molecule has 1 fully saturated rings. The molecule has 0 saturated carbocycles. The number of rotatable bonds is 6. The van der Waals surface area contributed by atoms with Gasteiger partial charge in [0.1, 0.15) is 11.6 Å². The Morgan fingerprint density at radius 1 is 1.12 bits per heavy atom. The Hall–Kier alpha value is -4.64. The summed E-state index contributed by atoms with van der Waals surface area (Å²) in [6, 6.07) is 5.61. The van der Waals surface area contributed by atoms with E-state index in [0.717, 1.165) is 22.4 Å².